The summed E-state index contributed by atoms with van der Waals surface area (Å²) >= 11 is 0. The monoisotopic (exact) mass is 315 g/mol. The van der Waals surface area contributed by atoms with Gasteiger partial charge in [-0.1, -0.05) is 0 Å². The van der Waals surface area contributed by atoms with Crippen LogP contribution in [0, 0.1) is 13.8 Å². The van der Waals surface area contributed by atoms with Crippen LogP contribution in [0.1, 0.15) is 17.8 Å². The molecule has 0 spiro atoms. The molecule has 120 valence electrons. The lowest BCUT2D eigenvalue weighted by Gasteiger charge is -2.32. The molecule has 8 heteroatoms. The van der Waals surface area contributed by atoms with Gasteiger partial charge in [0.15, 0.2) is 0 Å². The predicted octanol–water partition coefficient (Wildman–Crippen LogP) is -0.0577. The van der Waals surface area contributed by atoms with E-state index in [0.29, 0.717) is 17.9 Å². The first-order chi connectivity index (χ1) is 9.90. The van der Waals surface area contributed by atoms with E-state index in [4.69, 9.17) is 0 Å². The molecule has 1 fully saturated rings. The van der Waals surface area contributed by atoms with Crippen molar-refractivity contribution in [2.45, 2.75) is 25.2 Å². The fraction of sp³-hybridized carbons (Fsp3) is 0.769. The van der Waals surface area contributed by atoms with Gasteiger partial charge in [-0.25, -0.2) is 13.1 Å². The van der Waals surface area contributed by atoms with Crippen molar-refractivity contribution >= 4 is 10.0 Å². The SMILES string of the molecule is Cc1n[nH]c(C)c1S(=O)(=O)NCCCN1CCN(C)CC1. The Hall–Kier alpha value is -0.960. The van der Waals surface area contributed by atoms with Gasteiger partial charge in [-0.2, -0.15) is 5.10 Å². The summed E-state index contributed by atoms with van der Waals surface area (Å²) in [6.07, 6.45) is 0.818. The van der Waals surface area contributed by atoms with E-state index in [1.807, 2.05) is 0 Å². The van der Waals surface area contributed by atoms with Gasteiger partial charge in [-0.15, -0.1) is 0 Å². The van der Waals surface area contributed by atoms with Crippen LogP contribution in [-0.4, -0.2) is 74.7 Å². The number of aromatic amines is 1. The third kappa shape index (κ3) is 4.26. The average molecular weight is 315 g/mol. The number of hydrogen-bond donors (Lipinski definition) is 2. The molecule has 0 aliphatic carbocycles. The van der Waals surface area contributed by atoms with Crippen LogP contribution in [0.4, 0.5) is 0 Å². The summed E-state index contributed by atoms with van der Waals surface area (Å²) in [4.78, 5) is 4.97. The third-order valence-corrected chi connectivity index (χ3v) is 5.59. The van der Waals surface area contributed by atoms with E-state index < -0.39 is 10.0 Å². The topological polar surface area (TPSA) is 81.3 Å². The van der Waals surface area contributed by atoms with Crippen molar-refractivity contribution in [2.24, 2.45) is 0 Å². The summed E-state index contributed by atoms with van der Waals surface area (Å²) in [5.74, 6) is 0. The lowest BCUT2D eigenvalue weighted by atomic mass is 10.3. The Morgan fingerprint density at radius 2 is 1.90 bits per heavy atom. The molecule has 0 bridgehead atoms. The minimum atomic E-state index is -3.46. The zero-order valence-electron chi connectivity index (χ0n) is 13.0. The van der Waals surface area contributed by atoms with Crippen LogP contribution in [0.15, 0.2) is 4.90 Å². The number of nitrogens with zero attached hydrogens (tertiary/aromatic N) is 3. The predicted molar refractivity (Wildman–Crippen MR) is 81.8 cm³/mol. The van der Waals surface area contributed by atoms with Crippen LogP contribution in [0.3, 0.4) is 0 Å². The van der Waals surface area contributed by atoms with Crippen LogP contribution < -0.4 is 4.72 Å². The molecule has 1 aliphatic rings. The number of H-pyrrole nitrogens is 1. The molecule has 2 rings (SSSR count). The molecule has 1 saturated heterocycles. The quantitative estimate of drug-likeness (QED) is 0.719. The van der Waals surface area contributed by atoms with Gasteiger partial charge in [0.25, 0.3) is 0 Å². The van der Waals surface area contributed by atoms with Crippen molar-refractivity contribution in [1.82, 2.24) is 24.7 Å². The molecular formula is C13H25N5O2S. The molecule has 2 N–H and O–H groups in total. The average Bonchev–Trinajstić information content (AvgIpc) is 2.77. The first-order valence-electron chi connectivity index (χ1n) is 7.32. The van der Waals surface area contributed by atoms with Crippen molar-refractivity contribution in [1.29, 1.82) is 0 Å². The molecule has 0 aromatic carbocycles. The second kappa shape index (κ2) is 6.87. The number of rotatable bonds is 6. The fourth-order valence-electron chi connectivity index (χ4n) is 2.59. The number of hydrogen-bond acceptors (Lipinski definition) is 5. The standard InChI is InChI=1S/C13H25N5O2S/c1-11-13(12(2)16-15-11)21(19,20)14-5-4-6-18-9-7-17(3)8-10-18/h14H,4-10H2,1-3H3,(H,15,16). The summed E-state index contributed by atoms with van der Waals surface area (Å²) in [5, 5.41) is 6.64. The summed E-state index contributed by atoms with van der Waals surface area (Å²) in [6.45, 7) is 9.09. The van der Waals surface area contributed by atoms with Gasteiger partial charge in [-0.05, 0) is 33.9 Å². The van der Waals surface area contributed by atoms with Crippen molar-refractivity contribution in [3.63, 3.8) is 0 Å². The summed E-state index contributed by atoms with van der Waals surface area (Å²) < 4.78 is 27.1. The normalized spacial score (nSPS) is 18.2. The molecule has 0 radical (unpaired) electrons. The maximum atomic E-state index is 12.2. The maximum absolute atomic E-state index is 12.2. The number of likely N-dealkylation sites (N-methyl/N-ethyl adjacent to an activating group) is 1. The highest BCUT2D eigenvalue weighted by molar-refractivity contribution is 7.89. The minimum Gasteiger partial charge on any atom is -0.304 e. The van der Waals surface area contributed by atoms with Crippen LogP contribution in [0.2, 0.25) is 0 Å². The smallest absolute Gasteiger partial charge is 0.244 e. The number of sulfonamides is 1. The first-order valence-corrected chi connectivity index (χ1v) is 8.80. The Bertz CT molecular complexity index is 542. The lowest BCUT2D eigenvalue weighted by Crippen LogP contribution is -2.45. The van der Waals surface area contributed by atoms with E-state index in [1.54, 1.807) is 13.8 Å². The molecule has 2 heterocycles. The van der Waals surface area contributed by atoms with Crippen LogP contribution in [0.25, 0.3) is 0 Å². The van der Waals surface area contributed by atoms with E-state index >= 15 is 0 Å². The number of nitrogens with one attached hydrogen (secondary N) is 2. The van der Waals surface area contributed by atoms with Gasteiger partial charge in [0, 0.05) is 32.7 Å². The van der Waals surface area contributed by atoms with Crippen LogP contribution >= 0.6 is 0 Å². The van der Waals surface area contributed by atoms with Gasteiger partial charge in [0.2, 0.25) is 10.0 Å². The van der Waals surface area contributed by atoms with Crippen molar-refractivity contribution in [3.05, 3.63) is 11.4 Å². The van der Waals surface area contributed by atoms with Crippen molar-refractivity contribution in [2.75, 3.05) is 46.3 Å². The molecule has 0 amide bonds. The van der Waals surface area contributed by atoms with E-state index in [1.165, 1.54) is 0 Å². The van der Waals surface area contributed by atoms with Gasteiger partial charge in [0.1, 0.15) is 4.90 Å². The Kier molecular flexibility index (Phi) is 5.37. The second-order valence-electron chi connectivity index (χ2n) is 5.66. The molecule has 0 saturated carbocycles. The van der Waals surface area contributed by atoms with Gasteiger partial charge < -0.3 is 9.80 Å². The number of aromatic nitrogens is 2. The molecule has 0 unspecified atom stereocenters. The van der Waals surface area contributed by atoms with Crippen LogP contribution in [-0.2, 0) is 10.0 Å². The molecule has 1 aliphatic heterocycles. The Labute approximate surface area is 126 Å². The largest absolute Gasteiger partial charge is 0.304 e. The molecular weight excluding hydrogens is 290 g/mol. The van der Waals surface area contributed by atoms with Gasteiger partial charge in [0.05, 0.1) is 11.4 Å². The molecule has 7 nitrogen and oxygen atoms in total. The van der Waals surface area contributed by atoms with E-state index in [2.05, 4.69) is 31.8 Å². The van der Waals surface area contributed by atoms with E-state index in [-0.39, 0.29) is 4.90 Å². The Morgan fingerprint density at radius 3 is 2.48 bits per heavy atom. The maximum Gasteiger partial charge on any atom is 0.244 e. The molecule has 1 aromatic rings. The highest BCUT2D eigenvalue weighted by atomic mass is 32.2. The van der Waals surface area contributed by atoms with Crippen molar-refractivity contribution in [3.8, 4) is 0 Å². The third-order valence-electron chi connectivity index (χ3n) is 3.87. The Morgan fingerprint density at radius 1 is 1.24 bits per heavy atom. The van der Waals surface area contributed by atoms with E-state index in [0.717, 1.165) is 39.1 Å². The van der Waals surface area contributed by atoms with Crippen molar-refractivity contribution < 1.29 is 8.42 Å². The molecule has 21 heavy (non-hydrogen) atoms. The molecule has 0 atom stereocenters. The highest BCUT2D eigenvalue weighted by Crippen LogP contribution is 2.15. The zero-order valence-corrected chi connectivity index (χ0v) is 13.8. The second-order valence-corrected chi connectivity index (χ2v) is 7.36. The minimum absolute atomic E-state index is 0.280. The summed E-state index contributed by atoms with van der Waals surface area (Å²) in [7, 11) is -1.33. The zero-order chi connectivity index (χ0) is 15.5. The number of piperazine rings is 1. The van der Waals surface area contributed by atoms with E-state index in [9.17, 15) is 8.42 Å². The first kappa shape index (κ1) is 16.4. The fourth-order valence-corrected chi connectivity index (χ4v) is 4.03. The van der Waals surface area contributed by atoms with Gasteiger partial charge in [-0.3, -0.25) is 5.10 Å². The summed E-state index contributed by atoms with van der Waals surface area (Å²) in [5.41, 5.74) is 1.10. The summed E-state index contributed by atoms with van der Waals surface area (Å²) in [6, 6.07) is 0. The highest BCUT2D eigenvalue weighted by Gasteiger charge is 2.21. The lowest BCUT2D eigenvalue weighted by molar-refractivity contribution is 0.153. The Balaban J connectivity index is 1.78. The molecule has 1 aromatic heterocycles. The van der Waals surface area contributed by atoms with Crippen LogP contribution in [0.5, 0.6) is 0 Å². The number of aryl methyl sites for hydroxylation is 2. The van der Waals surface area contributed by atoms with Gasteiger partial charge >= 0.3 is 0 Å².